The van der Waals surface area contributed by atoms with Crippen molar-refractivity contribution in [2.75, 3.05) is 13.1 Å². The summed E-state index contributed by atoms with van der Waals surface area (Å²) in [5, 5.41) is 0. The summed E-state index contributed by atoms with van der Waals surface area (Å²) in [4.78, 5) is 13.4. The molecule has 6 heteroatoms. The summed E-state index contributed by atoms with van der Waals surface area (Å²) in [6.07, 6.45) is -4.10. The molecular formula is C13H15F4NO. The highest BCUT2D eigenvalue weighted by molar-refractivity contribution is 5.94. The lowest BCUT2D eigenvalue weighted by molar-refractivity contribution is -0.140. The fourth-order valence-corrected chi connectivity index (χ4v) is 1.73. The molecule has 0 saturated heterocycles. The van der Waals surface area contributed by atoms with Crippen LogP contribution in [0.4, 0.5) is 17.6 Å². The normalized spacial score (nSPS) is 11.5. The average molecular weight is 277 g/mol. The van der Waals surface area contributed by atoms with Gasteiger partial charge < -0.3 is 4.90 Å². The molecule has 0 radical (unpaired) electrons. The molecule has 0 N–H and O–H groups in total. The zero-order valence-electron chi connectivity index (χ0n) is 10.7. The Labute approximate surface area is 109 Å². The van der Waals surface area contributed by atoms with Crippen LogP contribution in [-0.4, -0.2) is 23.9 Å². The second-order valence-electron chi connectivity index (χ2n) is 4.08. The molecule has 0 aliphatic heterocycles. The number of halogens is 4. The van der Waals surface area contributed by atoms with Gasteiger partial charge in [0.15, 0.2) is 0 Å². The molecule has 0 saturated carbocycles. The molecule has 0 aliphatic carbocycles. The lowest BCUT2D eigenvalue weighted by Crippen LogP contribution is -2.31. The molecule has 0 bridgehead atoms. The monoisotopic (exact) mass is 277 g/mol. The van der Waals surface area contributed by atoms with E-state index in [9.17, 15) is 22.4 Å². The van der Waals surface area contributed by atoms with Gasteiger partial charge in [-0.3, -0.25) is 4.79 Å². The van der Waals surface area contributed by atoms with Crippen molar-refractivity contribution >= 4 is 5.91 Å². The maximum absolute atomic E-state index is 13.1. The molecule has 0 fully saturated rings. The smallest absolute Gasteiger partial charge is 0.339 e. The van der Waals surface area contributed by atoms with Gasteiger partial charge in [0.25, 0.3) is 5.91 Å². The van der Waals surface area contributed by atoms with E-state index in [0.717, 1.165) is 6.07 Å². The van der Waals surface area contributed by atoms with Crippen LogP contribution in [0.25, 0.3) is 0 Å². The van der Waals surface area contributed by atoms with Crippen LogP contribution in [0, 0.1) is 5.82 Å². The van der Waals surface area contributed by atoms with Crippen molar-refractivity contribution < 1.29 is 22.4 Å². The fourth-order valence-electron chi connectivity index (χ4n) is 1.73. The third-order valence-corrected chi connectivity index (χ3v) is 2.68. The minimum absolute atomic E-state index is 0.149. The number of rotatable bonds is 4. The molecule has 1 amide bonds. The first-order chi connectivity index (χ1) is 8.81. The van der Waals surface area contributed by atoms with E-state index in [1.54, 1.807) is 6.92 Å². The van der Waals surface area contributed by atoms with Crippen molar-refractivity contribution in [2.24, 2.45) is 0 Å². The van der Waals surface area contributed by atoms with Gasteiger partial charge in [-0.1, -0.05) is 6.92 Å². The van der Waals surface area contributed by atoms with Crippen LogP contribution in [0.3, 0.4) is 0 Å². The van der Waals surface area contributed by atoms with Crippen LogP contribution < -0.4 is 0 Å². The minimum Gasteiger partial charge on any atom is -0.339 e. The lowest BCUT2D eigenvalue weighted by Gasteiger charge is -2.20. The van der Waals surface area contributed by atoms with Gasteiger partial charge in [-0.15, -0.1) is 0 Å². The summed E-state index contributed by atoms with van der Waals surface area (Å²) in [6, 6.07) is 2.32. The van der Waals surface area contributed by atoms with Gasteiger partial charge >= 0.3 is 6.18 Å². The van der Waals surface area contributed by atoms with E-state index < -0.39 is 23.5 Å². The minimum atomic E-state index is -4.80. The molecule has 0 spiro atoms. The van der Waals surface area contributed by atoms with Gasteiger partial charge in [-0.05, 0) is 31.5 Å². The Morgan fingerprint density at radius 3 is 2.37 bits per heavy atom. The number of amides is 1. The maximum atomic E-state index is 13.1. The van der Waals surface area contributed by atoms with Gasteiger partial charge in [0.1, 0.15) is 5.82 Å². The van der Waals surface area contributed by atoms with Gasteiger partial charge in [0.2, 0.25) is 0 Å². The summed E-state index contributed by atoms with van der Waals surface area (Å²) in [7, 11) is 0. The third kappa shape index (κ3) is 3.68. The van der Waals surface area contributed by atoms with E-state index in [0.29, 0.717) is 31.6 Å². The zero-order valence-corrected chi connectivity index (χ0v) is 10.7. The van der Waals surface area contributed by atoms with Gasteiger partial charge in [0.05, 0.1) is 5.56 Å². The Morgan fingerprint density at radius 1 is 1.26 bits per heavy atom. The molecular weight excluding hydrogens is 262 g/mol. The first-order valence-corrected chi connectivity index (χ1v) is 5.97. The van der Waals surface area contributed by atoms with Crippen molar-refractivity contribution in [1.29, 1.82) is 0 Å². The standard InChI is InChI=1S/C13H15F4NO/c1-3-7-18(4-2)12(19)9-5-6-11(14)10(8-9)13(15,16)17/h5-6,8H,3-4,7H2,1-2H3. The Kier molecular flexibility index (Phi) is 4.91. The largest absolute Gasteiger partial charge is 0.419 e. The van der Waals surface area contributed by atoms with Crippen molar-refractivity contribution in [2.45, 2.75) is 26.4 Å². The topological polar surface area (TPSA) is 20.3 Å². The van der Waals surface area contributed by atoms with Crippen molar-refractivity contribution in [1.82, 2.24) is 4.90 Å². The van der Waals surface area contributed by atoms with Crippen molar-refractivity contribution in [3.05, 3.63) is 35.1 Å². The van der Waals surface area contributed by atoms with E-state index in [2.05, 4.69) is 0 Å². The highest BCUT2D eigenvalue weighted by Crippen LogP contribution is 2.32. The number of alkyl halides is 3. The molecule has 1 aromatic carbocycles. The van der Waals surface area contributed by atoms with Gasteiger partial charge in [0, 0.05) is 18.7 Å². The van der Waals surface area contributed by atoms with Crippen LogP contribution in [0.2, 0.25) is 0 Å². The van der Waals surface area contributed by atoms with E-state index in [1.165, 1.54) is 4.90 Å². The van der Waals surface area contributed by atoms with Crippen LogP contribution in [0.5, 0.6) is 0 Å². The molecule has 19 heavy (non-hydrogen) atoms. The molecule has 2 nitrogen and oxygen atoms in total. The van der Waals surface area contributed by atoms with Crippen LogP contribution in [-0.2, 0) is 6.18 Å². The second kappa shape index (κ2) is 6.04. The number of benzene rings is 1. The third-order valence-electron chi connectivity index (χ3n) is 2.68. The van der Waals surface area contributed by atoms with E-state index in [1.807, 2.05) is 6.92 Å². The molecule has 0 aliphatic rings. The Bertz CT molecular complexity index is 456. The number of hydrogen-bond donors (Lipinski definition) is 0. The molecule has 0 unspecified atom stereocenters. The van der Waals surface area contributed by atoms with Gasteiger partial charge in [-0.25, -0.2) is 4.39 Å². The zero-order chi connectivity index (χ0) is 14.6. The molecule has 1 rings (SSSR count). The predicted octanol–water partition coefficient (Wildman–Crippen LogP) is 3.72. The first-order valence-electron chi connectivity index (χ1n) is 5.97. The predicted molar refractivity (Wildman–Crippen MR) is 63.3 cm³/mol. The second-order valence-corrected chi connectivity index (χ2v) is 4.08. The Balaban J connectivity index is 3.12. The number of carbonyl (C=O) groups is 1. The Hall–Kier alpha value is -1.59. The molecule has 0 aromatic heterocycles. The number of carbonyl (C=O) groups excluding carboxylic acids is 1. The Morgan fingerprint density at radius 2 is 1.89 bits per heavy atom. The number of nitrogens with zero attached hydrogens (tertiary/aromatic N) is 1. The molecule has 1 aromatic rings. The summed E-state index contributed by atoms with van der Waals surface area (Å²) in [6.45, 7) is 4.45. The van der Waals surface area contributed by atoms with Gasteiger partial charge in [-0.2, -0.15) is 13.2 Å². The van der Waals surface area contributed by atoms with Crippen LogP contribution in [0.1, 0.15) is 36.2 Å². The summed E-state index contributed by atoms with van der Waals surface area (Å²) in [5.41, 5.74) is -1.56. The average Bonchev–Trinajstić information content (AvgIpc) is 2.34. The summed E-state index contributed by atoms with van der Waals surface area (Å²) < 4.78 is 50.8. The van der Waals surface area contributed by atoms with E-state index in [-0.39, 0.29) is 5.56 Å². The SMILES string of the molecule is CCCN(CC)C(=O)c1ccc(F)c(C(F)(F)F)c1. The van der Waals surface area contributed by atoms with Crippen LogP contribution in [0.15, 0.2) is 18.2 Å². The van der Waals surface area contributed by atoms with Crippen molar-refractivity contribution in [3.63, 3.8) is 0 Å². The molecule has 0 heterocycles. The fraction of sp³-hybridized carbons (Fsp3) is 0.462. The van der Waals surface area contributed by atoms with E-state index >= 15 is 0 Å². The van der Waals surface area contributed by atoms with Crippen molar-refractivity contribution in [3.8, 4) is 0 Å². The van der Waals surface area contributed by atoms with Crippen LogP contribution >= 0.6 is 0 Å². The van der Waals surface area contributed by atoms with E-state index in [4.69, 9.17) is 0 Å². The number of hydrogen-bond acceptors (Lipinski definition) is 1. The maximum Gasteiger partial charge on any atom is 0.419 e. The summed E-state index contributed by atoms with van der Waals surface area (Å²) in [5.74, 6) is -1.89. The first kappa shape index (κ1) is 15.5. The lowest BCUT2D eigenvalue weighted by atomic mass is 10.1. The summed E-state index contributed by atoms with van der Waals surface area (Å²) >= 11 is 0. The molecule has 0 atom stereocenters. The quantitative estimate of drug-likeness (QED) is 0.768. The highest BCUT2D eigenvalue weighted by atomic mass is 19.4. The highest BCUT2D eigenvalue weighted by Gasteiger charge is 2.34. The molecule has 106 valence electrons.